The zero-order valence-corrected chi connectivity index (χ0v) is 14.9. The normalized spacial score (nSPS) is 21.4. The van der Waals surface area contributed by atoms with E-state index < -0.39 is 0 Å². The molecule has 0 unspecified atom stereocenters. The maximum Gasteiger partial charge on any atom is 0.126 e. The summed E-state index contributed by atoms with van der Waals surface area (Å²) in [6.07, 6.45) is 5.22. The van der Waals surface area contributed by atoms with Crippen LogP contribution in [0.3, 0.4) is 0 Å². The summed E-state index contributed by atoms with van der Waals surface area (Å²) in [6.45, 7) is 0. The first-order valence-corrected chi connectivity index (χ1v) is 11.0. The van der Waals surface area contributed by atoms with Crippen molar-refractivity contribution in [1.82, 2.24) is 0 Å². The quantitative estimate of drug-likeness (QED) is 0.796. The first-order chi connectivity index (χ1) is 10.8. The lowest BCUT2D eigenvalue weighted by atomic mass is 10.3. The zero-order chi connectivity index (χ0) is 15.4. The van der Waals surface area contributed by atoms with E-state index >= 15 is 0 Å². The van der Waals surface area contributed by atoms with Gasteiger partial charge in [0, 0.05) is 10.6 Å². The van der Waals surface area contributed by atoms with Gasteiger partial charge in [0.25, 0.3) is 0 Å². The number of para-hydroxylation sites is 2. The van der Waals surface area contributed by atoms with Crippen LogP contribution in [0.15, 0.2) is 48.5 Å². The van der Waals surface area contributed by atoms with E-state index in [9.17, 15) is 0 Å². The van der Waals surface area contributed by atoms with Gasteiger partial charge in [-0.1, -0.05) is 52.2 Å². The highest BCUT2D eigenvalue weighted by Crippen LogP contribution is 2.51. The second-order valence-corrected chi connectivity index (χ2v) is 10.2. The second kappa shape index (κ2) is 7.44. The lowest BCUT2D eigenvalue weighted by molar-refractivity contribution is 0.418. The van der Waals surface area contributed by atoms with E-state index in [0.717, 1.165) is 11.5 Å². The first-order valence-electron chi connectivity index (χ1n) is 7.59. The van der Waals surface area contributed by atoms with Crippen molar-refractivity contribution in [1.29, 1.82) is 0 Å². The molecule has 2 aromatic carbocycles. The molecule has 2 nitrogen and oxygen atoms in total. The molecule has 2 aromatic rings. The zero-order valence-electron chi connectivity index (χ0n) is 13.2. The summed E-state index contributed by atoms with van der Waals surface area (Å²) >= 11 is 0. The molecule has 0 radical (unpaired) electrons. The smallest absolute Gasteiger partial charge is 0.126 e. The maximum atomic E-state index is 5.55. The van der Waals surface area contributed by atoms with Gasteiger partial charge in [0.1, 0.15) is 11.5 Å². The van der Waals surface area contributed by atoms with E-state index in [4.69, 9.17) is 9.47 Å². The Kier molecular flexibility index (Phi) is 5.34. The van der Waals surface area contributed by atoms with E-state index in [1.807, 2.05) is 0 Å². The molecule has 0 atom stereocenters. The molecule has 0 amide bonds. The molecule has 0 aromatic heterocycles. The van der Waals surface area contributed by atoms with Crippen LogP contribution in [0.2, 0.25) is 0 Å². The van der Waals surface area contributed by atoms with Gasteiger partial charge in [-0.2, -0.15) is 0 Å². The van der Waals surface area contributed by atoms with E-state index in [1.54, 1.807) is 14.2 Å². The van der Waals surface area contributed by atoms with Crippen LogP contribution >= 0.6 is 15.8 Å². The van der Waals surface area contributed by atoms with Gasteiger partial charge in [0.15, 0.2) is 0 Å². The highest BCUT2D eigenvalue weighted by Gasteiger charge is 2.25. The molecular weight excluding hydrogens is 310 g/mol. The Hall–Kier alpha value is -1.10. The number of benzene rings is 2. The van der Waals surface area contributed by atoms with Crippen LogP contribution < -0.4 is 20.1 Å². The first kappa shape index (κ1) is 15.8. The van der Waals surface area contributed by atoms with E-state index in [-0.39, 0.29) is 15.8 Å². The van der Waals surface area contributed by atoms with Gasteiger partial charge in [-0.15, -0.1) is 0 Å². The molecule has 1 saturated heterocycles. The summed E-state index contributed by atoms with van der Waals surface area (Å²) in [7, 11) is 3.41. The fraction of sp³-hybridized carbons (Fsp3) is 0.333. The van der Waals surface area contributed by atoms with Gasteiger partial charge in [-0.25, -0.2) is 0 Å². The highest BCUT2D eigenvalue weighted by atomic mass is 31.1. The van der Waals surface area contributed by atoms with Crippen LogP contribution in [0.25, 0.3) is 0 Å². The van der Waals surface area contributed by atoms with Crippen LogP contribution in [0.5, 0.6) is 11.5 Å². The molecule has 0 aliphatic carbocycles. The van der Waals surface area contributed by atoms with Crippen LogP contribution in [0.4, 0.5) is 0 Å². The summed E-state index contributed by atoms with van der Waals surface area (Å²) in [4.78, 5) is 0. The van der Waals surface area contributed by atoms with Crippen molar-refractivity contribution in [2.75, 3.05) is 38.9 Å². The molecule has 1 heterocycles. The minimum absolute atomic E-state index is 0.0740. The predicted octanol–water partition coefficient (Wildman–Crippen LogP) is 3.63. The largest absolute Gasteiger partial charge is 0.496 e. The summed E-state index contributed by atoms with van der Waals surface area (Å²) in [6, 6.07) is 17.1. The van der Waals surface area contributed by atoms with Crippen molar-refractivity contribution < 1.29 is 9.47 Å². The molecule has 0 N–H and O–H groups in total. The van der Waals surface area contributed by atoms with Crippen molar-refractivity contribution in [3.8, 4) is 11.5 Å². The summed E-state index contributed by atoms with van der Waals surface area (Å²) < 4.78 is 11.1. The molecule has 116 valence electrons. The van der Waals surface area contributed by atoms with Gasteiger partial charge in [-0.05, 0) is 36.8 Å². The Bertz CT molecular complexity index is 566. The average molecular weight is 332 g/mol. The Labute approximate surface area is 135 Å². The van der Waals surface area contributed by atoms with E-state index in [0.29, 0.717) is 0 Å². The third-order valence-corrected chi connectivity index (χ3v) is 9.99. The lowest BCUT2D eigenvalue weighted by Gasteiger charge is -2.31. The van der Waals surface area contributed by atoms with Crippen LogP contribution in [0, 0.1) is 0 Å². The molecule has 1 fully saturated rings. The number of hydrogen-bond acceptors (Lipinski definition) is 2. The maximum absolute atomic E-state index is 5.55. The van der Waals surface area contributed by atoms with Gasteiger partial charge >= 0.3 is 0 Å². The van der Waals surface area contributed by atoms with Gasteiger partial charge in [0.2, 0.25) is 0 Å². The van der Waals surface area contributed by atoms with Crippen LogP contribution in [-0.4, -0.2) is 38.9 Å². The highest BCUT2D eigenvalue weighted by molar-refractivity contribution is 7.73. The van der Waals surface area contributed by atoms with Crippen molar-refractivity contribution in [2.24, 2.45) is 0 Å². The lowest BCUT2D eigenvalue weighted by Crippen LogP contribution is -2.21. The van der Waals surface area contributed by atoms with Gasteiger partial charge in [-0.3, -0.25) is 0 Å². The van der Waals surface area contributed by atoms with E-state index in [2.05, 4.69) is 48.5 Å². The molecule has 0 bridgehead atoms. The van der Waals surface area contributed by atoms with Crippen molar-refractivity contribution in [3.63, 3.8) is 0 Å². The summed E-state index contributed by atoms with van der Waals surface area (Å²) in [5.74, 6) is 2.13. The monoisotopic (exact) mass is 332 g/mol. The van der Waals surface area contributed by atoms with Crippen molar-refractivity contribution >= 4 is 26.5 Å². The molecule has 4 heteroatoms. The molecule has 0 spiro atoms. The number of methoxy groups -OCH3 is 2. The molecule has 1 aliphatic rings. The Morgan fingerprint density at radius 2 is 1.00 bits per heavy atom. The van der Waals surface area contributed by atoms with Crippen LogP contribution in [-0.2, 0) is 0 Å². The molecule has 0 saturated carbocycles. The predicted molar refractivity (Wildman–Crippen MR) is 98.6 cm³/mol. The Morgan fingerprint density at radius 3 is 1.36 bits per heavy atom. The third-order valence-electron chi connectivity index (χ3n) is 4.13. The fourth-order valence-corrected chi connectivity index (χ4v) is 9.79. The molecule has 1 aliphatic heterocycles. The fourth-order valence-electron chi connectivity index (χ4n) is 2.97. The SMILES string of the molecule is COc1ccccc1P1CCP(c2ccccc2OC)CC1. The van der Waals surface area contributed by atoms with Crippen LogP contribution in [0.1, 0.15) is 0 Å². The third kappa shape index (κ3) is 3.29. The second-order valence-electron chi connectivity index (χ2n) is 5.32. The Morgan fingerprint density at radius 1 is 0.636 bits per heavy atom. The standard InChI is InChI=1S/C18H22O2P2/c1-19-15-7-3-5-9-17(15)21-11-13-22(14-12-21)18-10-6-4-8-16(18)20-2/h3-10H,11-14H2,1-2H3. The molecule has 3 rings (SSSR count). The molecular formula is C18H22O2P2. The van der Waals surface area contributed by atoms with Crippen molar-refractivity contribution in [2.45, 2.75) is 0 Å². The summed E-state index contributed by atoms with van der Waals surface area (Å²) in [5.41, 5.74) is 0. The summed E-state index contributed by atoms with van der Waals surface area (Å²) in [5, 5.41) is 2.88. The molecule has 22 heavy (non-hydrogen) atoms. The van der Waals surface area contributed by atoms with Gasteiger partial charge < -0.3 is 9.47 Å². The minimum atomic E-state index is -0.0740. The number of hydrogen-bond donors (Lipinski definition) is 0. The Balaban J connectivity index is 1.73. The van der Waals surface area contributed by atoms with E-state index in [1.165, 1.54) is 35.3 Å². The van der Waals surface area contributed by atoms with Crippen molar-refractivity contribution in [3.05, 3.63) is 48.5 Å². The number of ether oxygens (including phenoxy) is 2. The average Bonchev–Trinajstić information content (AvgIpc) is 2.62. The van der Waals surface area contributed by atoms with Gasteiger partial charge in [0.05, 0.1) is 14.2 Å². The number of rotatable bonds is 4. The topological polar surface area (TPSA) is 18.5 Å². The minimum Gasteiger partial charge on any atom is -0.496 e.